The van der Waals surface area contributed by atoms with Crippen LogP contribution in [0.5, 0.6) is 0 Å². The Bertz CT molecular complexity index is 578. The van der Waals surface area contributed by atoms with Gasteiger partial charge in [-0.3, -0.25) is 0 Å². The van der Waals surface area contributed by atoms with Gasteiger partial charge < -0.3 is 5.32 Å². The molecule has 0 saturated heterocycles. The van der Waals surface area contributed by atoms with Crippen molar-refractivity contribution in [3.05, 3.63) is 34.2 Å². The fourth-order valence-corrected chi connectivity index (χ4v) is 3.56. The first-order chi connectivity index (χ1) is 7.94. The summed E-state index contributed by atoms with van der Waals surface area (Å²) in [7, 11) is -1.42. The maximum Gasteiger partial charge on any atom is 0.200 e. The highest BCUT2D eigenvalue weighted by Gasteiger charge is 2.27. The van der Waals surface area contributed by atoms with Gasteiger partial charge >= 0.3 is 0 Å². The van der Waals surface area contributed by atoms with Gasteiger partial charge in [0.2, 0.25) is 9.84 Å². The molecular weight excluding hydrogens is 258 g/mol. The molecule has 1 aromatic rings. The zero-order valence-corrected chi connectivity index (χ0v) is 11.3. The highest BCUT2D eigenvalue weighted by atomic mass is 35.5. The van der Waals surface area contributed by atoms with E-state index in [-0.39, 0.29) is 6.04 Å². The van der Waals surface area contributed by atoms with E-state index < -0.39 is 9.84 Å². The van der Waals surface area contributed by atoms with Crippen LogP contribution in [0.25, 0.3) is 5.57 Å². The highest BCUT2D eigenvalue weighted by molar-refractivity contribution is 7.95. The first kappa shape index (κ1) is 12.6. The normalized spacial score (nSPS) is 18.6. The van der Waals surface area contributed by atoms with Crippen LogP contribution in [0.15, 0.2) is 28.5 Å². The zero-order chi connectivity index (χ0) is 12.6. The van der Waals surface area contributed by atoms with Gasteiger partial charge in [-0.15, -0.1) is 0 Å². The van der Waals surface area contributed by atoms with Crippen LogP contribution in [-0.4, -0.2) is 21.5 Å². The number of nitrogens with one attached hydrogen (secondary N) is 1. The summed E-state index contributed by atoms with van der Waals surface area (Å²) in [5, 5.41) is 5.00. The minimum Gasteiger partial charge on any atom is -0.317 e. The van der Waals surface area contributed by atoms with Crippen molar-refractivity contribution < 1.29 is 8.42 Å². The first-order valence-electron chi connectivity index (χ1n) is 5.37. The van der Waals surface area contributed by atoms with Gasteiger partial charge in [0.25, 0.3) is 0 Å². The van der Waals surface area contributed by atoms with E-state index >= 15 is 0 Å². The van der Waals surface area contributed by atoms with Crippen molar-refractivity contribution in [2.24, 2.45) is 0 Å². The number of halogens is 1. The lowest BCUT2D eigenvalue weighted by Crippen LogP contribution is -2.21. The van der Waals surface area contributed by atoms with Gasteiger partial charge in [-0.1, -0.05) is 11.6 Å². The fourth-order valence-electron chi connectivity index (χ4n) is 1.91. The molecule has 1 aliphatic heterocycles. The monoisotopic (exact) mass is 271 g/mol. The molecule has 2 rings (SSSR count). The Labute approximate surface area is 106 Å². The van der Waals surface area contributed by atoms with Crippen LogP contribution in [-0.2, 0) is 9.84 Å². The standard InChI is InChI=1S/C12H14ClNO2S/c1-8(14-2)5-9-7-17(15,16)12-4-3-10(13)6-11(9)12/h3-4,6-8,14H,5H2,1-2H3. The summed E-state index contributed by atoms with van der Waals surface area (Å²) in [6.07, 6.45) is 0.670. The van der Waals surface area contributed by atoms with Gasteiger partial charge in [-0.2, -0.15) is 0 Å². The molecule has 0 spiro atoms. The smallest absolute Gasteiger partial charge is 0.200 e. The van der Waals surface area contributed by atoms with E-state index in [2.05, 4.69) is 5.32 Å². The Balaban J connectivity index is 2.48. The second-order valence-electron chi connectivity index (χ2n) is 4.22. The van der Waals surface area contributed by atoms with Crippen molar-refractivity contribution in [2.75, 3.05) is 7.05 Å². The number of fused-ring (bicyclic) bond motifs is 1. The maximum atomic E-state index is 11.9. The molecule has 0 aromatic heterocycles. The average Bonchev–Trinajstić information content (AvgIpc) is 2.50. The van der Waals surface area contributed by atoms with Crippen molar-refractivity contribution in [3.63, 3.8) is 0 Å². The topological polar surface area (TPSA) is 46.2 Å². The van der Waals surface area contributed by atoms with Crippen LogP contribution < -0.4 is 5.32 Å². The van der Waals surface area contributed by atoms with Crippen molar-refractivity contribution >= 4 is 27.0 Å². The molecule has 0 bridgehead atoms. The second kappa shape index (κ2) is 4.44. The van der Waals surface area contributed by atoms with Gasteiger partial charge in [-0.25, -0.2) is 8.42 Å². The van der Waals surface area contributed by atoms with Crippen LogP contribution in [0.1, 0.15) is 18.9 Å². The minimum absolute atomic E-state index is 0.224. The number of hydrogen-bond donors (Lipinski definition) is 1. The molecule has 92 valence electrons. The zero-order valence-electron chi connectivity index (χ0n) is 9.70. The summed E-state index contributed by atoms with van der Waals surface area (Å²) in [6, 6.07) is 5.12. The van der Waals surface area contributed by atoms with E-state index in [0.29, 0.717) is 16.3 Å². The van der Waals surface area contributed by atoms with Crippen LogP contribution in [0, 0.1) is 0 Å². The van der Waals surface area contributed by atoms with E-state index in [1.54, 1.807) is 18.2 Å². The molecule has 3 nitrogen and oxygen atoms in total. The lowest BCUT2D eigenvalue weighted by atomic mass is 10.0. The summed E-state index contributed by atoms with van der Waals surface area (Å²) in [5.41, 5.74) is 1.56. The van der Waals surface area contributed by atoms with E-state index in [1.165, 1.54) is 5.41 Å². The predicted molar refractivity (Wildman–Crippen MR) is 69.8 cm³/mol. The number of rotatable bonds is 3. The molecule has 1 aromatic carbocycles. The molecule has 5 heteroatoms. The third kappa shape index (κ3) is 2.39. The molecule has 0 fully saturated rings. The quantitative estimate of drug-likeness (QED) is 0.919. The SMILES string of the molecule is CNC(C)CC1=CS(=O)(=O)c2ccc(Cl)cc21. The number of hydrogen-bond acceptors (Lipinski definition) is 3. The molecule has 17 heavy (non-hydrogen) atoms. The van der Waals surface area contributed by atoms with Gasteiger partial charge in [0, 0.05) is 16.5 Å². The van der Waals surface area contributed by atoms with Crippen LogP contribution in [0.4, 0.5) is 0 Å². The van der Waals surface area contributed by atoms with Gasteiger partial charge in [-0.05, 0) is 49.7 Å². The van der Waals surface area contributed by atoms with E-state index in [4.69, 9.17) is 11.6 Å². The highest BCUT2D eigenvalue weighted by Crippen LogP contribution is 2.37. The largest absolute Gasteiger partial charge is 0.317 e. The molecule has 1 aliphatic rings. The van der Waals surface area contributed by atoms with Crippen molar-refractivity contribution in [1.29, 1.82) is 0 Å². The second-order valence-corrected chi connectivity index (χ2v) is 6.42. The lowest BCUT2D eigenvalue weighted by Gasteiger charge is -2.11. The summed E-state index contributed by atoms with van der Waals surface area (Å²) >= 11 is 5.91. The Morgan fingerprint density at radius 1 is 1.41 bits per heavy atom. The van der Waals surface area contributed by atoms with E-state index in [1.807, 2.05) is 14.0 Å². The summed E-state index contributed by atoms with van der Waals surface area (Å²) < 4.78 is 23.8. The van der Waals surface area contributed by atoms with E-state index in [0.717, 1.165) is 11.1 Å². The minimum atomic E-state index is -3.27. The summed E-state index contributed by atoms with van der Waals surface area (Å²) in [5.74, 6) is 0. The Hall–Kier alpha value is -0.840. The Kier molecular flexibility index (Phi) is 3.30. The Morgan fingerprint density at radius 3 is 2.76 bits per heavy atom. The first-order valence-corrected chi connectivity index (χ1v) is 7.29. The lowest BCUT2D eigenvalue weighted by molar-refractivity contribution is 0.605. The predicted octanol–water partition coefficient (Wildman–Crippen LogP) is 2.47. The summed E-state index contributed by atoms with van der Waals surface area (Å²) in [4.78, 5) is 0.361. The van der Waals surface area contributed by atoms with Crippen LogP contribution >= 0.6 is 11.6 Å². The fraction of sp³-hybridized carbons (Fsp3) is 0.333. The van der Waals surface area contributed by atoms with E-state index in [9.17, 15) is 8.42 Å². The third-order valence-corrected chi connectivity index (χ3v) is 4.71. The molecule has 0 saturated carbocycles. The molecule has 1 N–H and O–H groups in total. The van der Waals surface area contributed by atoms with Crippen LogP contribution in [0.2, 0.25) is 5.02 Å². The molecule has 0 radical (unpaired) electrons. The molecule has 1 atom stereocenters. The van der Waals surface area contributed by atoms with Crippen molar-refractivity contribution in [1.82, 2.24) is 5.32 Å². The molecule has 1 unspecified atom stereocenters. The van der Waals surface area contributed by atoms with Crippen LogP contribution in [0.3, 0.4) is 0 Å². The van der Waals surface area contributed by atoms with Crippen molar-refractivity contribution in [2.45, 2.75) is 24.3 Å². The Morgan fingerprint density at radius 2 is 2.12 bits per heavy atom. The van der Waals surface area contributed by atoms with Gasteiger partial charge in [0.15, 0.2) is 0 Å². The molecule has 0 amide bonds. The summed E-state index contributed by atoms with van der Waals surface area (Å²) in [6.45, 7) is 2.01. The number of benzene rings is 1. The average molecular weight is 272 g/mol. The van der Waals surface area contributed by atoms with Crippen molar-refractivity contribution in [3.8, 4) is 0 Å². The molecular formula is C12H14ClNO2S. The third-order valence-electron chi connectivity index (χ3n) is 2.91. The maximum absolute atomic E-state index is 11.9. The number of sulfone groups is 1. The van der Waals surface area contributed by atoms with Gasteiger partial charge in [0.1, 0.15) is 0 Å². The molecule has 0 aliphatic carbocycles. The molecule has 1 heterocycles. The van der Waals surface area contributed by atoms with Gasteiger partial charge in [0.05, 0.1) is 4.90 Å².